The van der Waals surface area contributed by atoms with Crippen LogP contribution >= 0.6 is 11.6 Å². The van der Waals surface area contributed by atoms with Gasteiger partial charge in [-0.1, -0.05) is 11.6 Å². The second-order valence-corrected chi connectivity index (χ2v) is 7.48. The highest BCUT2D eigenvalue weighted by atomic mass is 35.5. The van der Waals surface area contributed by atoms with E-state index in [4.69, 9.17) is 21.1 Å². The Bertz CT molecular complexity index is 808. The standard InChI is InChI=1S/C18H23ClN4O3/c1-21(2)10-16(24)15-6-13-9-22(3-4-23(13)20-15)8-12-5-17-18(7-14(12)19)26-11-25-17/h5-7,16,24H,3-4,8-11H2,1-2H3/t16-/m0/s1. The van der Waals surface area contributed by atoms with Crippen molar-refractivity contribution in [1.29, 1.82) is 0 Å². The second-order valence-electron chi connectivity index (χ2n) is 7.07. The minimum absolute atomic E-state index is 0.246. The number of benzene rings is 1. The largest absolute Gasteiger partial charge is 0.454 e. The number of aromatic nitrogens is 2. The van der Waals surface area contributed by atoms with Crippen LogP contribution in [0.1, 0.15) is 23.1 Å². The molecule has 0 radical (unpaired) electrons. The first kappa shape index (κ1) is 17.6. The van der Waals surface area contributed by atoms with E-state index in [0.717, 1.165) is 48.9 Å². The van der Waals surface area contributed by atoms with E-state index < -0.39 is 6.10 Å². The summed E-state index contributed by atoms with van der Waals surface area (Å²) >= 11 is 6.40. The number of aliphatic hydroxyl groups is 1. The van der Waals surface area contributed by atoms with Gasteiger partial charge in [0, 0.05) is 37.3 Å². The Kier molecular flexibility index (Phi) is 4.79. The molecule has 26 heavy (non-hydrogen) atoms. The molecule has 0 saturated heterocycles. The maximum Gasteiger partial charge on any atom is 0.231 e. The molecular weight excluding hydrogens is 356 g/mol. The third-order valence-corrected chi connectivity index (χ3v) is 5.06. The van der Waals surface area contributed by atoms with Crippen LogP contribution in [0, 0.1) is 0 Å². The van der Waals surface area contributed by atoms with Gasteiger partial charge in [-0.3, -0.25) is 9.58 Å². The smallest absolute Gasteiger partial charge is 0.231 e. The van der Waals surface area contributed by atoms with E-state index in [2.05, 4.69) is 10.00 Å². The first-order valence-corrected chi connectivity index (χ1v) is 9.07. The average Bonchev–Trinajstić information content (AvgIpc) is 3.20. The van der Waals surface area contributed by atoms with Gasteiger partial charge in [0.05, 0.1) is 17.9 Å². The highest BCUT2D eigenvalue weighted by Crippen LogP contribution is 2.37. The van der Waals surface area contributed by atoms with Crippen LogP contribution in [-0.2, 0) is 19.6 Å². The van der Waals surface area contributed by atoms with Gasteiger partial charge in [0.1, 0.15) is 6.10 Å². The summed E-state index contributed by atoms with van der Waals surface area (Å²) in [5.41, 5.74) is 2.87. The summed E-state index contributed by atoms with van der Waals surface area (Å²) < 4.78 is 12.8. The highest BCUT2D eigenvalue weighted by molar-refractivity contribution is 6.31. The van der Waals surface area contributed by atoms with Gasteiger partial charge in [-0.2, -0.15) is 5.10 Å². The maximum atomic E-state index is 10.3. The Morgan fingerprint density at radius 3 is 2.77 bits per heavy atom. The topological polar surface area (TPSA) is 63.0 Å². The van der Waals surface area contributed by atoms with Crippen LogP contribution in [-0.4, -0.2) is 58.7 Å². The maximum absolute atomic E-state index is 10.3. The fourth-order valence-electron chi connectivity index (χ4n) is 3.40. The molecule has 0 unspecified atom stereocenters. The third kappa shape index (κ3) is 3.53. The quantitative estimate of drug-likeness (QED) is 0.857. The molecule has 4 rings (SSSR count). The van der Waals surface area contributed by atoms with Gasteiger partial charge in [-0.05, 0) is 31.8 Å². The summed E-state index contributed by atoms with van der Waals surface area (Å²) in [6, 6.07) is 5.79. The lowest BCUT2D eigenvalue weighted by atomic mass is 10.1. The van der Waals surface area contributed by atoms with Gasteiger partial charge in [0.25, 0.3) is 0 Å². The zero-order valence-corrected chi connectivity index (χ0v) is 15.7. The molecule has 1 N–H and O–H groups in total. The summed E-state index contributed by atoms with van der Waals surface area (Å²) in [6.45, 7) is 3.99. The predicted octanol–water partition coefficient (Wildman–Crippen LogP) is 1.88. The molecule has 2 aliphatic heterocycles. The molecule has 8 heteroatoms. The van der Waals surface area contributed by atoms with Crippen molar-refractivity contribution in [2.45, 2.75) is 25.7 Å². The lowest BCUT2D eigenvalue weighted by Crippen LogP contribution is -2.33. The van der Waals surface area contributed by atoms with Gasteiger partial charge in [0.2, 0.25) is 6.79 Å². The molecule has 1 aromatic heterocycles. The van der Waals surface area contributed by atoms with Gasteiger partial charge in [-0.15, -0.1) is 0 Å². The molecule has 0 fully saturated rings. The van der Waals surface area contributed by atoms with E-state index in [9.17, 15) is 5.11 Å². The second kappa shape index (κ2) is 7.08. The number of nitrogens with zero attached hydrogens (tertiary/aromatic N) is 4. The van der Waals surface area contributed by atoms with Crippen molar-refractivity contribution < 1.29 is 14.6 Å². The molecule has 140 valence electrons. The molecule has 7 nitrogen and oxygen atoms in total. The lowest BCUT2D eigenvalue weighted by Gasteiger charge is -2.27. The molecule has 0 bridgehead atoms. The van der Waals surface area contributed by atoms with Crippen molar-refractivity contribution in [1.82, 2.24) is 19.6 Å². The Morgan fingerprint density at radius 1 is 1.23 bits per heavy atom. The number of fused-ring (bicyclic) bond motifs is 2. The molecule has 0 amide bonds. The van der Waals surface area contributed by atoms with Crippen molar-refractivity contribution in [2.24, 2.45) is 0 Å². The number of halogens is 1. The Morgan fingerprint density at radius 2 is 2.00 bits per heavy atom. The first-order valence-electron chi connectivity index (χ1n) is 8.69. The zero-order chi connectivity index (χ0) is 18.3. The van der Waals surface area contributed by atoms with E-state index in [1.54, 1.807) is 0 Å². The van der Waals surface area contributed by atoms with Crippen LogP contribution in [0.15, 0.2) is 18.2 Å². The summed E-state index contributed by atoms with van der Waals surface area (Å²) in [4.78, 5) is 4.28. The van der Waals surface area contributed by atoms with Crippen LogP contribution in [0.3, 0.4) is 0 Å². The van der Waals surface area contributed by atoms with E-state index in [1.165, 1.54) is 0 Å². The normalized spacial score (nSPS) is 17.6. The fourth-order valence-corrected chi connectivity index (χ4v) is 3.61. The number of aliphatic hydroxyl groups excluding tert-OH is 1. The number of rotatable bonds is 5. The summed E-state index contributed by atoms with van der Waals surface area (Å²) in [7, 11) is 3.88. The van der Waals surface area contributed by atoms with E-state index in [-0.39, 0.29) is 6.79 Å². The van der Waals surface area contributed by atoms with Crippen LogP contribution in [0.25, 0.3) is 0 Å². The van der Waals surface area contributed by atoms with Gasteiger partial charge in [0.15, 0.2) is 11.5 Å². The number of ether oxygens (including phenoxy) is 2. The fraction of sp³-hybridized carbons (Fsp3) is 0.500. The number of hydrogen-bond donors (Lipinski definition) is 1. The van der Waals surface area contributed by atoms with Crippen LogP contribution in [0.4, 0.5) is 0 Å². The first-order chi connectivity index (χ1) is 12.5. The Hall–Kier alpha value is -1.80. The summed E-state index contributed by atoms with van der Waals surface area (Å²) in [6.07, 6.45) is -0.570. The van der Waals surface area contributed by atoms with E-state index >= 15 is 0 Å². The van der Waals surface area contributed by atoms with Gasteiger partial charge in [-0.25, -0.2) is 0 Å². The van der Waals surface area contributed by atoms with E-state index in [1.807, 2.05) is 41.9 Å². The average molecular weight is 379 g/mol. The zero-order valence-electron chi connectivity index (χ0n) is 15.0. The van der Waals surface area contributed by atoms with Gasteiger partial charge < -0.3 is 19.5 Å². The Balaban J connectivity index is 1.46. The van der Waals surface area contributed by atoms with Crippen LogP contribution in [0.5, 0.6) is 11.5 Å². The monoisotopic (exact) mass is 378 g/mol. The number of hydrogen-bond acceptors (Lipinski definition) is 6. The van der Waals surface area contributed by atoms with E-state index in [0.29, 0.717) is 17.3 Å². The molecule has 2 aromatic rings. The number of likely N-dealkylation sites (N-methyl/N-ethyl adjacent to an activating group) is 1. The van der Waals surface area contributed by atoms with Gasteiger partial charge >= 0.3 is 0 Å². The minimum atomic E-state index is -0.570. The highest BCUT2D eigenvalue weighted by Gasteiger charge is 2.23. The van der Waals surface area contributed by atoms with Crippen molar-refractivity contribution >= 4 is 11.6 Å². The van der Waals surface area contributed by atoms with Crippen molar-refractivity contribution in [2.75, 3.05) is 34.0 Å². The van der Waals surface area contributed by atoms with Crippen LogP contribution < -0.4 is 9.47 Å². The molecule has 0 aliphatic carbocycles. The molecular formula is C18H23ClN4O3. The molecule has 0 saturated carbocycles. The van der Waals surface area contributed by atoms with Crippen molar-refractivity contribution in [3.05, 3.63) is 40.2 Å². The molecule has 3 heterocycles. The molecule has 1 aromatic carbocycles. The van der Waals surface area contributed by atoms with Crippen molar-refractivity contribution in [3.63, 3.8) is 0 Å². The molecule has 1 atom stereocenters. The molecule has 0 spiro atoms. The lowest BCUT2D eigenvalue weighted by molar-refractivity contribution is 0.133. The molecule has 2 aliphatic rings. The predicted molar refractivity (Wildman–Crippen MR) is 97.4 cm³/mol. The summed E-state index contributed by atoms with van der Waals surface area (Å²) in [5, 5.41) is 15.5. The minimum Gasteiger partial charge on any atom is -0.454 e. The van der Waals surface area contributed by atoms with Crippen LogP contribution in [0.2, 0.25) is 5.02 Å². The van der Waals surface area contributed by atoms with Crippen molar-refractivity contribution in [3.8, 4) is 11.5 Å². The third-order valence-electron chi connectivity index (χ3n) is 4.71. The summed E-state index contributed by atoms with van der Waals surface area (Å²) in [5.74, 6) is 1.45. The Labute approximate surface area is 157 Å². The SMILES string of the molecule is CN(C)C[C@H](O)c1cc2n(n1)CCN(Cc1cc3c(cc1Cl)OCO3)C2.